The van der Waals surface area contributed by atoms with Crippen molar-refractivity contribution in [3.8, 4) is 0 Å². The second-order valence-corrected chi connectivity index (χ2v) is 6.25. The van der Waals surface area contributed by atoms with Crippen molar-refractivity contribution in [3.63, 3.8) is 0 Å². The summed E-state index contributed by atoms with van der Waals surface area (Å²) < 4.78 is 0. The molecule has 0 aromatic carbocycles. The quantitative estimate of drug-likeness (QED) is 0.898. The molecule has 0 radical (unpaired) electrons. The highest BCUT2D eigenvalue weighted by Crippen LogP contribution is 2.29. The lowest BCUT2D eigenvalue weighted by atomic mass is 9.98. The van der Waals surface area contributed by atoms with Gasteiger partial charge in [0.05, 0.1) is 10.4 Å². The number of hydrogen-bond acceptors (Lipinski definition) is 3. The van der Waals surface area contributed by atoms with Gasteiger partial charge in [-0.05, 0) is 38.3 Å². The van der Waals surface area contributed by atoms with Crippen LogP contribution < -0.4 is 11.1 Å². The van der Waals surface area contributed by atoms with Gasteiger partial charge in [-0.25, -0.2) is 0 Å². The number of aryl methyl sites for hydroxylation is 2. The van der Waals surface area contributed by atoms with Crippen molar-refractivity contribution in [1.29, 1.82) is 0 Å². The Kier molecular flexibility index (Phi) is 5.20. The lowest BCUT2D eigenvalue weighted by molar-refractivity contribution is 0.0907. The molecule has 0 saturated heterocycles. The van der Waals surface area contributed by atoms with Crippen LogP contribution in [0.4, 0.5) is 0 Å². The minimum absolute atomic E-state index is 0. The van der Waals surface area contributed by atoms with Crippen LogP contribution in [-0.4, -0.2) is 18.0 Å². The van der Waals surface area contributed by atoms with Crippen LogP contribution in [0, 0.1) is 13.8 Å². The molecule has 1 aliphatic rings. The first-order chi connectivity index (χ1) is 8.06. The second kappa shape index (κ2) is 6.04. The summed E-state index contributed by atoms with van der Waals surface area (Å²) in [4.78, 5) is 14.2. The lowest BCUT2D eigenvalue weighted by Crippen LogP contribution is -2.51. The third kappa shape index (κ3) is 3.05. The fourth-order valence-electron chi connectivity index (χ4n) is 2.42. The molecular weight excluding hydrogens is 268 g/mol. The highest BCUT2D eigenvalue weighted by molar-refractivity contribution is 7.14. The van der Waals surface area contributed by atoms with E-state index >= 15 is 0 Å². The number of hydrogen-bond donors (Lipinski definition) is 2. The summed E-state index contributed by atoms with van der Waals surface area (Å²) in [5.74, 6) is 0.0403. The van der Waals surface area contributed by atoms with Crippen LogP contribution in [0.1, 0.15) is 45.8 Å². The topological polar surface area (TPSA) is 55.1 Å². The molecule has 1 fully saturated rings. The average molecular weight is 289 g/mol. The second-order valence-electron chi connectivity index (χ2n) is 5.00. The van der Waals surface area contributed by atoms with Gasteiger partial charge in [-0.3, -0.25) is 4.79 Å². The van der Waals surface area contributed by atoms with Crippen molar-refractivity contribution in [1.82, 2.24) is 5.32 Å². The van der Waals surface area contributed by atoms with Crippen LogP contribution in [0.5, 0.6) is 0 Å². The van der Waals surface area contributed by atoms with E-state index in [-0.39, 0.29) is 23.9 Å². The van der Waals surface area contributed by atoms with E-state index in [4.69, 9.17) is 5.73 Å². The Morgan fingerprint density at radius 3 is 2.50 bits per heavy atom. The number of halogens is 1. The van der Waals surface area contributed by atoms with Gasteiger partial charge in [-0.1, -0.05) is 12.8 Å². The van der Waals surface area contributed by atoms with Crippen LogP contribution in [0.25, 0.3) is 0 Å². The maximum absolute atomic E-state index is 12.2. The highest BCUT2D eigenvalue weighted by Gasteiger charge is 2.34. The van der Waals surface area contributed by atoms with Crippen molar-refractivity contribution >= 4 is 29.7 Å². The molecule has 102 valence electrons. The Hall–Kier alpha value is -0.580. The predicted molar refractivity (Wildman–Crippen MR) is 78.8 cm³/mol. The molecule has 18 heavy (non-hydrogen) atoms. The van der Waals surface area contributed by atoms with E-state index in [2.05, 4.69) is 5.32 Å². The van der Waals surface area contributed by atoms with Gasteiger partial charge in [0.15, 0.2) is 0 Å². The average Bonchev–Trinajstić information content (AvgIpc) is 2.88. The summed E-state index contributed by atoms with van der Waals surface area (Å²) in [7, 11) is 0. The molecule has 1 amide bonds. The summed E-state index contributed by atoms with van der Waals surface area (Å²) >= 11 is 1.56. The first-order valence-corrected chi connectivity index (χ1v) is 6.98. The van der Waals surface area contributed by atoms with Gasteiger partial charge in [0, 0.05) is 11.4 Å². The van der Waals surface area contributed by atoms with Crippen LogP contribution >= 0.6 is 23.7 Å². The molecule has 1 aliphatic carbocycles. The van der Waals surface area contributed by atoms with Gasteiger partial charge in [0.25, 0.3) is 5.91 Å². The Morgan fingerprint density at radius 1 is 1.44 bits per heavy atom. The van der Waals surface area contributed by atoms with Crippen molar-refractivity contribution in [2.45, 2.75) is 45.1 Å². The number of carbonyl (C=O) groups excluding carboxylic acids is 1. The number of nitrogens with one attached hydrogen (secondary N) is 1. The van der Waals surface area contributed by atoms with E-state index in [0.29, 0.717) is 6.54 Å². The Balaban J connectivity index is 0.00000162. The molecule has 0 bridgehead atoms. The summed E-state index contributed by atoms with van der Waals surface area (Å²) in [6.07, 6.45) is 4.36. The number of rotatable bonds is 3. The molecule has 1 saturated carbocycles. The predicted octanol–water partition coefficient (Wildman–Crippen LogP) is 2.79. The van der Waals surface area contributed by atoms with Gasteiger partial charge >= 0.3 is 0 Å². The molecule has 1 heterocycles. The number of amides is 1. The summed E-state index contributed by atoms with van der Waals surface area (Å²) in [6.45, 7) is 4.63. The monoisotopic (exact) mass is 288 g/mol. The fourth-order valence-corrected chi connectivity index (χ4v) is 3.35. The maximum Gasteiger partial charge on any atom is 0.261 e. The molecule has 1 aromatic rings. The molecule has 0 unspecified atom stereocenters. The van der Waals surface area contributed by atoms with E-state index in [1.165, 1.54) is 23.3 Å². The van der Waals surface area contributed by atoms with Gasteiger partial charge < -0.3 is 11.1 Å². The van der Waals surface area contributed by atoms with Crippen molar-refractivity contribution in [2.24, 2.45) is 5.73 Å². The lowest BCUT2D eigenvalue weighted by Gasteiger charge is -2.28. The zero-order valence-electron chi connectivity index (χ0n) is 10.9. The van der Waals surface area contributed by atoms with E-state index in [0.717, 1.165) is 17.7 Å². The zero-order chi connectivity index (χ0) is 12.5. The smallest absolute Gasteiger partial charge is 0.261 e. The van der Waals surface area contributed by atoms with Crippen LogP contribution in [-0.2, 0) is 0 Å². The van der Waals surface area contributed by atoms with E-state index in [1.807, 2.05) is 19.9 Å². The molecule has 1 aromatic heterocycles. The summed E-state index contributed by atoms with van der Waals surface area (Å²) in [6, 6.07) is 1.97. The first-order valence-electron chi connectivity index (χ1n) is 6.16. The molecule has 3 nitrogen and oxygen atoms in total. The number of carbonyl (C=O) groups is 1. The van der Waals surface area contributed by atoms with E-state index in [9.17, 15) is 4.79 Å². The molecule has 0 aliphatic heterocycles. The molecule has 2 rings (SSSR count). The summed E-state index contributed by atoms with van der Waals surface area (Å²) in [5, 5.41) is 3.15. The van der Waals surface area contributed by atoms with Crippen molar-refractivity contribution < 1.29 is 4.79 Å². The molecule has 3 N–H and O–H groups in total. The number of nitrogens with two attached hydrogens (primary N) is 1. The van der Waals surface area contributed by atoms with Crippen LogP contribution in [0.3, 0.4) is 0 Å². The first kappa shape index (κ1) is 15.5. The highest BCUT2D eigenvalue weighted by atomic mass is 35.5. The molecule has 0 spiro atoms. The van der Waals surface area contributed by atoms with E-state index < -0.39 is 0 Å². The largest absolute Gasteiger partial charge is 0.345 e. The number of thiophene rings is 1. The van der Waals surface area contributed by atoms with Crippen molar-refractivity contribution in [2.75, 3.05) is 6.54 Å². The van der Waals surface area contributed by atoms with Gasteiger partial charge in [-0.15, -0.1) is 23.7 Å². The van der Waals surface area contributed by atoms with Crippen LogP contribution in [0.2, 0.25) is 0 Å². The van der Waals surface area contributed by atoms with Gasteiger partial charge in [0.1, 0.15) is 0 Å². The minimum atomic E-state index is -0.150. The Labute approximate surface area is 119 Å². The third-order valence-electron chi connectivity index (χ3n) is 3.72. The van der Waals surface area contributed by atoms with Gasteiger partial charge in [-0.2, -0.15) is 0 Å². The third-order valence-corrected chi connectivity index (χ3v) is 4.87. The standard InChI is InChI=1S/C13H20N2OS.ClH/c1-9-7-11(17-10(9)2)12(16)15-13(8-14)5-3-4-6-13;/h7H,3-6,8,14H2,1-2H3,(H,15,16);1H. The molecule has 5 heteroatoms. The van der Waals surface area contributed by atoms with Gasteiger partial charge in [0.2, 0.25) is 0 Å². The fraction of sp³-hybridized carbons (Fsp3) is 0.615. The summed E-state index contributed by atoms with van der Waals surface area (Å²) in [5.41, 5.74) is 6.86. The SMILES string of the molecule is Cc1cc(C(=O)NC2(CN)CCCC2)sc1C.Cl. The van der Waals surface area contributed by atoms with E-state index in [1.54, 1.807) is 11.3 Å². The maximum atomic E-state index is 12.2. The zero-order valence-corrected chi connectivity index (χ0v) is 12.5. The minimum Gasteiger partial charge on any atom is -0.345 e. The van der Waals surface area contributed by atoms with Crippen LogP contribution in [0.15, 0.2) is 6.07 Å². The molecule has 0 atom stereocenters. The Morgan fingerprint density at radius 2 is 2.06 bits per heavy atom. The molecular formula is C13H21ClN2OS. The Bertz CT molecular complexity index is 405. The van der Waals surface area contributed by atoms with Crippen molar-refractivity contribution in [3.05, 3.63) is 21.4 Å². The normalized spacial score (nSPS) is 17.3.